The molecule has 0 aliphatic heterocycles. The predicted molar refractivity (Wildman–Crippen MR) is 66.0 cm³/mol. The predicted octanol–water partition coefficient (Wildman–Crippen LogP) is 4.08. The van der Waals surface area contributed by atoms with E-state index in [0.717, 1.165) is 23.4 Å². The smallest absolute Gasteiger partial charge is 0.417 e. The molecule has 0 fully saturated rings. The standard InChI is InChI=1S/C14H12F3NO/c1-9-7-11(19-2)4-5-12(9)13-6-3-10(8-18-13)14(15,16)17/h3-8H,1-2H3. The van der Waals surface area contributed by atoms with Crippen molar-refractivity contribution in [3.63, 3.8) is 0 Å². The molecule has 0 amide bonds. The summed E-state index contributed by atoms with van der Waals surface area (Å²) in [5, 5.41) is 0. The highest BCUT2D eigenvalue weighted by Gasteiger charge is 2.30. The van der Waals surface area contributed by atoms with Gasteiger partial charge in [-0.1, -0.05) is 0 Å². The monoisotopic (exact) mass is 267 g/mol. The molecule has 0 unspecified atom stereocenters. The molecule has 0 N–H and O–H groups in total. The zero-order valence-electron chi connectivity index (χ0n) is 10.5. The van der Waals surface area contributed by atoms with E-state index >= 15 is 0 Å². The van der Waals surface area contributed by atoms with Gasteiger partial charge in [0.15, 0.2) is 0 Å². The number of nitrogens with zero attached hydrogens (tertiary/aromatic N) is 1. The maximum absolute atomic E-state index is 12.4. The number of pyridine rings is 1. The van der Waals surface area contributed by atoms with Crippen molar-refractivity contribution >= 4 is 0 Å². The van der Waals surface area contributed by atoms with Crippen molar-refractivity contribution in [1.29, 1.82) is 0 Å². The average molecular weight is 267 g/mol. The fourth-order valence-electron chi connectivity index (χ4n) is 1.77. The number of hydrogen-bond acceptors (Lipinski definition) is 2. The highest BCUT2D eigenvalue weighted by atomic mass is 19.4. The van der Waals surface area contributed by atoms with Gasteiger partial charge in [0.2, 0.25) is 0 Å². The van der Waals surface area contributed by atoms with Crippen LogP contribution in [0.15, 0.2) is 36.5 Å². The normalized spacial score (nSPS) is 11.4. The van der Waals surface area contributed by atoms with E-state index in [1.54, 1.807) is 19.2 Å². The van der Waals surface area contributed by atoms with Gasteiger partial charge in [-0.25, -0.2) is 0 Å². The van der Waals surface area contributed by atoms with Gasteiger partial charge in [0.1, 0.15) is 5.75 Å². The van der Waals surface area contributed by atoms with E-state index in [-0.39, 0.29) is 0 Å². The van der Waals surface area contributed by atoms with Crippen molar-refractivity contribution in [3.05, 3.63) is 47.7 Å². The number of halogens is 3. The van der Waals surface area contributed by atoms with Gasteiger partial charge in [-0.3, -0.25) is 4.98 Å². The number of rotatable bonds is 2. The SMILES string of the molecule is COc1ccc(-c2ccc(C(F)(F)F)cn2)c(C)c1. The molecule has 0 radical (unpaired) electrons. The van der Waals surface area contributed by atoms with Crippen LogP contribution in [0.3, 0.4) is 0 Å². The van der Waals surface area contributed by atoms with Crippen molar-refractivity contribution < 1.29 is 17.9 Å². The Labute approximate surface area is 108 Å². The van der Waals surface area contributed by atoms with Gasteiger partial charge < -0.3 is 4.74 Å². The van der Waals surface area contributed by atoms with Crippen molar-refractivity contribution in [1.82, 2.24) is 4.98 Å². The van der Waals surface area contributed by atoms with Crippen LogP contribution in [0.1, 0.15) is 11.1 Å². The highest BCUT2D eigenvalue weighted by molar-refractivity contribution is 5.64. The molecule has 0 bridgehead atoms. The summed E-state index contributed by atoms with van der Waals surface area (Å²) in [6.45, 7) is 1.86. The number of benzene rings is 1. The summed E-state index contributed by atoms with van der Waals surface area (Å²) in [7, 11) is 1.56. The Balaban J connectivity index is 2.37. The fraction of sp³-hybridized carbons (Fsp3) is 0.214. The molecule has 0 saturated carbocycles. The number of aromatic nitrogens is 1. The molecule has 19 heavy (non-hydrogen) atoms. The van der Waals surface area contributed by atoms with Gasteiger partial charge in [-0.2, -0.15) is 13.2 Å². The largest absolute Gasteiger partial charge is 0.497 e. The number of alkyl halides is 3. The summed E-state index contributed by atoms with van der Waals surface area (Å²) in [4.78, 5) is 3.87. The Morgan fingerprint density at radius 2 is 1.84 bits per heavy atom. The average Bonchev–Trinajstić information content (AvgIpc) is 2.37. The third-order valence-corrected chi connectivity index (χ3v) is 2.80. The van der Waals surface area contributed by atoms with Crippen LogP contribution >= 0.6 is 0 Å². The Kier molecular flexibility index (Phi) is 3.46. The summed E-state index contributed by atoms with van der Waals surface area (Å²) in [5.74, 6) is 0.702. The molecule has 0 saturated heterocycles. The van der Waals surface area contributed by atoms with E-state index in [1.807, 2.05) is 13.0 Å². The van der Waals surface area contributed by atoms with E-state index in [0.29, 0.717) is 11.4 Å². The summed E-state index contributed by atoms with van der Waals surface area (Å²) >= 11 is 0. The minimum atomic E-state index is -4.36. The maximum atomic E-state index is 12.4. The van der Waals surface area contributed by atoms with Crippen molar-refractivity contribution in [2.75, 3.05) is 7.11 Å². The highest BCUT2D eigenvalue weighted by Crippen LogP contribution is 2.31. The molecular weight excluding hydrogens is 255 g/mol. The molecule has 2 rings (SSSR count). The third kappa shape index (κ3) is 2.86. The number of hydrogen-bond donors (Lipinski definition) is 0. The first-order valence-corrected chi connectivity index (χ1v) is 5.60. The lowest BCUT2D eigenvalue weighted by molar-refractivity contribution is -0.137. The van der Waals surface area contributed by atoms with Crippen LogP contribution in [0, 0.1) is 6.92 Å². The van der Waals surface area contributed by atoms with Crippen LogP contribution in [0.25, 0.3) is 11.3 Å². The molecule has 5 heteroatoms. The molecule has 0 spiro atoms. The molecule has 0 atom stereocenters. The lowest BCUT2D eigenvalue weighted by atomic mass is 10.0. The van der Waals surface area contributed by atoms with Gasteiger partial charge in [0.25, 0.3) is 0 Å². The zero-order valence-corrected chi connectivity index (χ0v) is 10.5. The van der Waals surface area contributed by atoms with Crippen LogP contribution < -0.4 is 4.74 Å². The van der Waals surface area contributed by atoms with Gasteiger partial charge >= 0.3 is 6.18 Å². The van der Waals surface area contributed by atoms with Gasteiger partial charge in [-0.15, -0.1) is 0 Å². The molecule has 0 aliphatic carbocycles. The second kappa shape index (κ2) is 4.91. The lowest BCUT2D eigenvalue weighted by Gasteiger charge is -2.09. The van der Waals surface area contributed by atoms with Crippen LogP contribution in [0.4, 0.5) is 13.2 Å². The van der Waals surface area contributed by atoms with Crippen LogP contribution in [0.2, 0.25) is 0 Å². The van der Waals surface area contributed by atoms with E-state index in [9.17, 15) is 13.2 Å². The molecule has 2 aromatic rings. The molecule has 1 aromatic carbocycles. The minimum absolute atomic E-state index is 0.508. The number of methoxy groups -OCH3 is 1. The molecule has 100 valence electrons. The molecule has 0 aliphatic rings. The van der Waals surface area contributed by atoms with Crippen molar-refractivity contribution in [2.24, 2.45) is 0 Å². The van der Waals surface area contributed by atoms with E-state index in [2.05, 4.69) is 4.98 Å². The second-order valence-electron chi connectivity index (χ2n) is 4.11. The van der Waals surface area contributed by atoms with E-state index in [4.69, 9.17) is 4.74 Å². The lowest BCUT2D eigenvalue weighted by Crippen LogP contribution is -2.05. The molecule has 2 nitrogen and oxygen atoms in total. The van der Waals surface area contributed by atoms with Gasteiger partial charge in [0, 0.05) is 11.8 Å². The fourth-order valence-corrected chi connectivity index (χ4v) is 1.77. The number of ether oxygens (including phenoxy) is 1. The Bertz CT molecular complexity index is 576. The van der Waals surface area contributed by atoms with Gasteiger partial charge in [0.05, 0.1) is 18.4 Å². The Hall–Kier alpha value is -2.04. The number of aryl methyl sites for hydroxylation is 1. The summed E-state index contributed by atoms with van der Waals surface area (Å²) < 4.78 is 42.4. The molecule has 1 heterocycles. The van der Waals surface area contributed by atoms with Crippen molar-refractivity contribution in [2.45, 2.75) is 13.1 Å². The first-order chi connectivity index (χ1) is 8.91. The topological polar surface area (TPSA) is 22.1 Å². The van der Waals surface area contributed by atoms with E-state index < -0.39 is 11.7 Å². The van der Waals surface area contributed by atoms with Gasteiger partial charge in [-0.05, 0) is 42.8 Å². The Morgan fingerprint density at radius 3 is 2.32 bits per heavy atom. The first-order valence-electron chi connectivity index (χ1n) is 5.60. The third-order valence-electron chi connectivity index (χ3n) is 2.80. The van der Waals surface area contributed by atoms with Crippen LogP contribution in [-0.2, 0) is 6.18 Å². The zero-order chi connectivity index (χ0) is 14.0. The summed E-state index contributed by atoms with van der Waals surface area (Å²) in [6.07, 6.45) is -3.51. The molecular formula is C14H12F3NO. The summed E-state index contributed by atoms with van der Waals surface area (Å²) in [5.41, 5.74) is 1.44. The minimum Gasteiger partial charge on any atom is -0.497 e. The summed E-state index contributed by atoms with van der Waals surface area (Å²) in [6, 6.07) is 7.75. The van der Waals surface area contributed by atoms with Crippen LogP contribution in [-0.4, -0.2) is 12.1 Å². The Morgan fingerprint density at radius 1 is 1.11 bits per heavy atom. The van der Waals surface area contributed by atoms with Crippen LogP contribution in [0.5, 0.6) is 5.75 Å². The molecule has 1 aromatic heterocycles. The van der Waals surface area contributed by atoms with E-state index in [1.165, 1.54) is 6.07 Å². The quantitative estimate of drug-likeness (QED) is 0.817. The second-order valence-corrected chi connectivity index (χ2v) is 4.11. The van der Waals surface area contributed by atoms with Crippen molar-refractivity contribution in [3.8, 4) is 17.0 Å². The first kappa shape index (κ1) is 13.4. The maximum Gasteiger partial charge on any atom is 0.417 e.